The van der Waals surface area contributed by atoms with Gasteiger partial charge in [-0.15, -0.1) is 0 Å². The zero-order chi connectivity index (χ0) is 47.4. The maximum atomic E-state index is 13.7. The highest BCUT2D eigenvalue weighted by atomic mass is 35.5. The Morgan fingerprint density at radius 1 is 0.824 bits per heavy atom. The lowest BCUT2D eigenvalue weighted by Crippen LogP contribution is -2.47. The Labute approximate surface area is 403 Å². The van der Waals surface area contributed by atoms with Gasteiger partial charge in [-0.1, -0.05) is 91.4 Å². The van der Waals surface area contributed by atoms with Gasteiger partial charge in [0.25, 0.3) is 11.8 Å². The third-order valence-electron chi connectivity index (χ3n) is 12.0. The number of hydrogen-bond donors (Lipinski definition) is 5. The molecule has 5 N–H and O–H groups in total. The number of halogens is 1. The molecule has 5 heterocycles. The van der Waals surface area contributed by atoms with Crippen LogP contribution in [0.2, 0.25) is 5.02 Å². The lowest BCUT2D eigenvalue weighted by Gasteiger charge is -2.35. The first-order valence-corrected chi connectivity index (χ1v) is 23.5. The first-order valence-electron chi connectivity index (χ1n) is 22.3. The molecule has 2 amide bonds. The molecule has 17 heteroatoms. The average molecular weight is 948 g/mol. The van der Waals surface area contributed by atoms with Crippen molar-refractivity contribution in [3.63, 3.8) is 0 Å². The molecule has 0 saturated carbocycles. The molecule has 346 valence electrons. The number of β-amino-alcohol motifs (C(OH)–C–C–N with tert-alkyl or cyclic N) is 1. The number of aliphatic hydroxyl groups excluding tert-OH is 1. The van der Waals surface area contributed by atoms with E-state index in [1.165, 1.54) is 17.5 Å². The number of thiazole rings is 1. The summed E-state index contributed by atoms with van der Waals surface area (Å²) >= 11 is 8.31. The van der Waals surface area contributed by atoms with Crippen molar-refractivity contribution in [3.8, 4) is 11.3 Å². The number of benzene rings is 4. The normalized spacial score (nSPS) is 13.1. The number of nitrogens with one attached hydrogen (secondary N) is 4. The van der Waals surface area contributed by atoms with Crippen LogP contribution in [0, 0.1) is 13.8 Å². The lowest BCUT2D eigenvalue weighted by molar-refractivity contribution is 0.102. The van der Waals surface area contributed by atoms with Crippen LogP contribution in [0.5, 0.6) is 0 Å². The van der Waals surface area contributed by atoms with E-state index in [9.17, 15) is 14.7 Å². The maximum absolute atomic E-state index is 13.7. The first-order chi connectivity index (χ1) is 32.9. The summed E-state index contributed by atoms with van der Waals surface area (Å²) < 4.78 is 1.92. The Kier molecular flexibility index (Phi) is 13.4. The summed E-state index contributed by atoms with van der Waals surface area (Å²) in [5.74, 6) is 2.09. The van der Waals surface area contributed by atoms with Crippen molar-refractivity contribution in [2.24, 2.45) is 0 Å². The zero-order valence-electron chi connectivity index (χ0n) is 38.1. The topological polar surface area (TPSA) is 178 Å². The quantitative estimate of drug-likeness (QED) is 0.0659. The van der Waals surface area contributed by atoms with Crippen LogP contribution >= 0.6 is 22.9 Å². The SMILES string of the molecule is Cc1nc(Nc2ncc(C(=O)Nc3c(C)ccc(CC(C)(C)c4ccc(C(=O)Nc5cccc(-c6cn7ccnc7c(Nc7ccccc7)n6)c5)cc4)c3Cl)s2)cc(N2CCN(CCO)CC2)n1. The van der Waals surface area contributed by atoms with E-state index in [1.807, 2.05) is 128 Å². The molecule has 0 radical (unpaired) electrons. The van der Waals surface area contributed by atoms with Crippen molar-refractivity contribution in [3.05, 3.63) is 160 Å². The minimum atomic E-state index is -0.382. The fourth-order valence-corrected chi connectivity index (χ4v) is 9.32. The molecule has 4 aromatic heterocycles. The van der Waals surface area contributed by atoms with E-state index in [-0.39, 0.29) is 23.8 Å². The average Bonchev–Trinajstić information content (AvgIpc) is 4.02. The van der Waals surface area contributed by atoms with Crippen molar-refractivity contribution in [1.29, 1.82) is 0 Å². The smallest absolute Gasteiger partial charge is 0.267 e. The second kappa shape index (κ2) is 19.9. The second-order valence-electron chi connectivity index (χ2n) is 17.3. The largest absolute Gasteiger partial charge is 0.395 e. The summed E-state index contributed by atoms with van der Waals surface area (Å²) in [4.78, 5) is 55.2. The van der Waals surface area contributed by atoms with E-state index < -0.39 is 0 Å². The summed E-state index contributed by atoms with van der Waals surface area (Å²) in [6, 6.07) is 30.9. The van der Waals surface area contributed by atoms with Gasteiger partial charge in [0.2, 0.25) is 0 Å². The molecule has 0 bridgehead atoms. The molecule has 0 spiro atoms. The van der Waals surface area contributed by atoms with Gasteiger partial charge in [-0.2, -0.15) is 0 Å². The number of carbonyl (C=O) groups is 2. The van der Waals surface area contributed by atoms with Crippen LogP contribution in [0.1, 0.15) is 56.4 Å². The van der Waals surface area contributed by atoms with Crippen molar-refractivity contribution in [2.45, 2.75) is 39.5 Å². The molecule has 8 aromatic rings. The lowest BCUT2D eigenvalue weighted by atomic mass is 9.78. The fraction of sp³-hybridized carbons (Fsp3) is 0.235. The minimum Gasteiger partial charge on any atom is -0.395 e. The zero-order valence-corrected chi connectivity index (χ0v) is 39.7. The van der Waals surface area contributed by atoms with E-state index in [4.69, 9.17) is 16.6 Å². The number of hydrogen-bond acceptors (Lipinski definition) is 13. The first kappa shape index (κ1) is 45.9. The van der Waals surface area contributed by atoms with Crippen LogP contribution in [0.3, 0.4) is 0 Å². The van der Waals surface area contributed by atoms with Gasteiger partial charge >= 0.3 is 0 Å². The highest BCUT2D eigenvalue weighted by molar-refractivity contribution is 7.17. The Hall–Kier alpha value is -7.24. The third-order valence-corrected chi connectivity index (χ3v) is 13.3. The molecule has 1 aliphatic rings. The van der Waals surface area contributed by atoms with Crippen LogP contribution in [-0.2, 0) is 11.8 Å². The molecule has 1 aliphatic heterocycles. The van der Waals surface area contributed by atoms with E-state index in [2.05, 4.69) is 64.9 Å². The number of imidazole rings is 1. The van der Waals surface area contributed by atoms with Crippen LogP contribution in [0.4, 0.5) is 39.6 Å². The number of amides is 2. The van der Waals surface area contributed by atoms with E-state index >= 15 is 0 Å². The second-order valence-corrected chi connectivity index (χ2v) is 18.8. The van der Waals surface area contributed by atoms with Gasteiger partial charge in [0.1, 0.15) is 22.3 Å². The summed E-state index contributed by atoms with van der Waals surface area (Å²) in [7, 11) is 0. The monoisotopic (exact) mass is 946 g/mol. The molecule has 1 fully saturated rings. The predicted octanol–water partition coefficient (Wildman–Crippen LogP) is 9.54. The standard InChI is InChI=1S/C51H51ClN12O3S/c1-32-13-14-36(44(52)45(32)61-49(67)41-30-54-50(68-41)60-42-28-43(56-33(2)55-42)63-23-21-62(22-24-63)25-26-65)29-51(3,4)37-17-15-34(16-18-37)48(66)58-39-12-8-9-35(27-39)40-31-64-20-19-53-47(64)46(59-40)57-38-10-6-5-7-11-38/h5-20,27-28,30-31,65H,21-26,29H2,1-4H3,(H,57,59)(H,58,66)(H,61,67)(H,54,55,56,60). The number of fused-ring (bicyclic) bond motifs is 1. The third kappa shape index (κ3) is 10.5. The highest BCUT2D eigenvalue weighted by Crippen LogP contribution is 2.37. The number of rotatable bonds is 15. The van der Waals surface area contributed by atoms with Gasteiger partial charge in [-0.25, -0.2) is 24.9 Å². The summed E-state index contributed by atoms with van der Waals surface area (Å²) in [6.07, 6.45) is 7.64. The molecule has 15 nitrogen and oxygen atoms in total. The number of carbonyl (C=O) groups excluding carboxylic acids is 2. The predicted molar refractivity (Wildman–Crippen MR) is 271 cm³/mol. The van der Waals surface area contributed by atoms with Gasteiger partial charge in [-0.05, 0) is 78.8 Å². The van der Waals surface area contributed by atoms with Crippen molar-refractivity contribution < 1.29 is 14.7 Å². The Balaban J connectivity index is 0.831. The Bertz CT molecular complexity index is 3100. The molecule has 0 aliphatic carbocycles. The van der Waals surface area contributed by atoms with Gasteiger partial charge in [0.05, 0.1) is 29.2 Å². The number of aromatic nitrogens is 6. The fourth-order valence-electron chi connectivity index (χ4n) is 8.27. The van der Waals surface area contributed by atoms with Crippen molar-refractivity contribution >= 4 is 80.0 Å². The van der Waals surface area contributed by atoms with Gasteiger partial charge in [-0.3, -0.25) is 14.5 Å². The van der Waals surface area contributed by atoms with E-state index in [0.717, 1.165) is 59.9 Å². The number of para-hydroxylation sites is 1. The molecule has 0 unspecified atom stereocenters. The van der Waals surface area contributed by atoms with Crippen LogP contribution in [0.15, 0.2) is 122 Å². The number of nitrogens with zero attached hydrogens (tertiary/aromatic N) is 8. The summed E-state index contributed by atoms with van der Waals surface area (Å²) in [5, 5.41) is 23.0. The Morgan fingerprint density at radius 3 is 2.38 bits per heavy atom. The maximum Gasteiger partial charge on any atom is 0.267 e. The summed E-state index contributed by atoms with van der Waals surface area (Å²) in [6.45, 7) is 12.1. The number of aryl methyl sites for hydroxylation is 2. The minimum absolute atomic E-state index is 0.147. The summed E-state index contributed by atoms with van der Waals surface area (Å²) in [5.41, 5.74) is 7.19. The van der Waals surface area contributed by atoms with Crippen molar-refractivity contribution in [2.75, 3.05) is 65.5 Å². The van der Waals surface area contributed by atoms with Crippen LogP contribution in [-0.4, -0.2) is 90.5 Å². The number of anilines is 7. The molecule has 9 rings (SSSR count). The molecular formula is C51H51ClN12O3S. The van der Waals surface area contributed by atoms with Crippen LogP contribution < -0.4 is 26.2 Å². The molecule has 68 heavy (non-hydrogen) atoms. The van der Waals surface area contributed by atoms with Gasteiger partial charge in [0, 0.05) is 79.9 Å². The van der Waals surface area contributed by atoms with E-state index in [0.29, 0.717) is 73.7 Å². The number of piperazine rings is 1. The van der Waals surface area contributed by atoms with Crippen molar-refractivity contribution in [1.82, 2.24) is 34.2 Å². The Morgan fingerprint density at radius 2 is 1.60 bits per heavy atom. The van der Waals surface area contributed by atoms with Gasteiger partial charge < -0.3 is 35.7 Å². The number of aliphatic hydroxyl groups is 1. The van der Waals surface area contributed by atoms with E-state index in [1.54, 1.807) is 6.20 Å². The highest BCUT2D eigenvalue weighted by Gasteiger charge is 2.26. The molecule has 4 aromatic carbocycles. The molecule has 1 saturated heterocycles. The van der Waals surface area contributed by atoms with Gasteiger partial charge in [0.15, 0.2) is 16.6 Å². The van der Waals surface area contributed by atoms with Crippen LogP contribution in [0.25, 0.3) is 16.9 Å². The molecule has 0 atom stereocenters. The molecular weight excluding hydrogens is 896 g/mol.